The molecule has 7 heteroatoms. The lowest BCUT2D eigenvalue weighted by Crippen LogP contribution is -2.19. The lowest BCUT2D eigenvalue weighted by atomic mass is 10.1. The largest absolute Gasteiger partial charge is 0.478 e. The van der Waals surface area contributed by atoms with Crippen molar-refractivity contribution < 1.29 is 14.7 Å². The lowest BCUT2D eigenvalue weighted by molar-refractivity contribution is -0.116. The van der Waals surface area contributed by atoms with Gasteiger partial charge < -0.3 is 15.0 Å². The van der Waals surface area contributed by atoms with Crippen LogP contribution in [0.3, 0.4) is 0 Å². The van der Waals surface area contributed by atoms with E-state index in [2.05, 4.69) is 5.32 Å². The number of aryl methyl sites for hydroxylation is 1. The maximum absolute atomic E-state index is 11.7. The standard InChI is InChI=1S/C18H16ClN3O3/c1-10-6-12(7-13(9-20)17(23)21-3)11(2)22(10)14-4-5-15(18(24)25)16(19)8-14/h4-8H,1-3H3,(H,21,23)(H,24,25)/b13-7-. The predicted octanol–water partition coefficient (Wildman–Crippen LogP) is 3.10. The maximum Gasteiger partial charge on any atom is 0.337 e. The second-order valence-electron chi connectivity index (χ2n) is 5.38. The van der Waals surface area contributed by atoms with Crippen LogP contribution in [-0.2, 0) is 4.79 Å². The molecule has 0 spiro atoms. The van der Waals surface area contributed by atoms with Gasteiger partial charge in [0.25, 0.3) is 5.91 Å². The Morgan fingerprint density at radius 1 is 1.32 bits per heavy atom. The Hall–Kier alpha value is -3.04. The molecule has 25 heavy (non-hydrogen) atoms. The molecule has 0 atom stereocenters. The van der Waals surface area contributed by atoms with Crippen LogP contribution in [0.4, 0.5) is 0 Å². The Labute approximate surface area is 150 Å². The minimum absolute atomic E-state index is 0.00186. The average molecular weight is 358 g/mol. The van der Waals surface area contributed by atoms with E-state index in [1.165, 1.54) is 19.2 Å². The monoisotopic (exact) mass is 357 g/mol. The normalized spacial score (nSPS) is 11.1. The van der Waals surface area contributed by atoms with Crippen molar-refractivity contribution in [3.05, 3.63) is 57.4 Å². The number of rotatable bonds is 4. The Kier molecular flexibility index (Phi) is 5.30. The smallest absolute Gasteiger partial charge is 0.337 e. The Morgan fingerprint density at radius 2 is 2.00 bits per heavy atom. The zero-order valence-electron chi connectivity index (χ0n) is 13.9. The molecule has 2 aromatic rings. The first kappa shape index (κ1) is 18.3. The number of nitrogens with zero attached hydrogens (tertiary/aromatic N) is 2. The Bertz CT molecular complexity index is 936. The summed E-state index contributed by atoms with van der Waals surface area (Å²) in [6.07, 6.45) is 1.52. The number of likely N-dealkylation sites (N-methyl/N-ethyl adjacent to an activating group) is 1. The second-order valence-corrected chi connectivity index (χ2v) is 5.79. The van der Waals surface area contributed by atoms with Gasteiger partial charge in [-0.15, -0.1) is 0 Å². The van der Waals surface area contributed by atoms with E-state index in [4.69, 9.17) is 22.0 Å². The molecule has 0 aliphatic heterocycles. The molecule has 0 unspecified atom stereocenters. The summed E-state index contributed by atoms with van der Waals surface area (Å²) in [4.78, 5) is 22.8. The first-order valence-electron chi connectivity index (χ1n) is 7.36. The Balaban J connectivity index is 2.56. The number of aromatic carboxylic acids is 1. The third-order valence-corrected chi connectivity index (χ3v) is 4.12. The number of amides is 1. The van der Waals surface area contributed by atoms with Gasteiger partial charge in [-0.05, 0) is 49.8 Å². The SMILES string of the molecule is CNC(=O)/C(C#N)=C\c1cc(C)n(-c2ccc(C(=O)O)c(Cl)c2)c1C. The van der Waals surface area contributed by atoms with Crippen LogP contribution in [0.5, 0.6) is 0 Å². The van der Waals surface area contributed by atoms with Crippen LogP contribution in [0.2, 0.25) is 5.02 Å². The summed E-state index contributed by atoms with van der Waals surface area (Å²) in [5.41, 5.74) is 3.10. The van der Waals surface area contributed by atoms with Crippen molar-refractivity contribution in [1.29, 1.82) is 5.26 Å². The van der Waals surface area contributed by atoms with Gasteiger partial charge in [-0.2, -0.15) is 5.26 Å². The number of benzene rings is 1. The van der Waals surface area contributed by atoms with Crippen LogP contribution in [0.15, 0.2) is 29.8 Å². The molecule has 0 aliphatic rings. The third kappa shape index (κ3) is 3.57. The van der Waals surface area contributed by atoms with Crippen LogP contribution < -0.4 is 5.32 Å². The van der Waals surface area contributed by atoms with Gasteiger partial charge in [-0.1, -0.05) is 11.6 Å². The minimum atomic E-state index is -1.09. The number of aromatic nitrogens is 1. The van der Waals surface area contributed by atoms with E-state index in [1.54, 1.807) is 12.1 Å². The molecule has 2 N–H and O–H groups in total. The summed E-state index contributed by atoms with van der Waals surface area (Å²) in [7, 11) is 1.46. The van der Waals surface area contributed by atoms with Gasteiger partial charge >= 0.3 is 5.97 Å². The highest BCUT2D eigenvalue weighted by molar-refractivity contribution is 6.33. The number of carboxylic acids is 1. The summed E-state index contributed by atoms with van der Waals surface area (Å²) in [6.45, 7) is 3.71. The third-order valence-electron chi connectivity index (χ3n) is 3.80. The summed E-state index contributed by atoms with van der Waals surface area (Å²) in [5.74, 6) is -1.55. The van der Waals surface area contributed by atoms with Gasteiger partial charge in [0, 0.05) is 24.1 Å². The minimum Gasteiger partial charge on any atom is -0.478 e. The zero-order chi connectivity index (χ0) is 18.7. The molecule has 0 bridgehead atoms. The molecule has 0 aliphatic carbocycles. The zero-order valence-corrected chi connectivity index (χ0v) is 14.7. The highest BCUT2D eigenvalue weighted by Crippen LogP contribution is 2.26. The van der Waals surface area contributed by atoms with Gasteiger partial charge in [0.05, 0.1) is 10.6 Å². The molecule has 1 aromatic heterocycles. The van der Waals surface area contributed by atoms with E-state index < -0.39 is 11.9 Å². The summed E-state index contributed by atoms with van der Waals surface area (Å²) in [6, 6.07) is 8.40. The number of halogens is 1. The molecular weight excluding hydrogens is 342 g/mol. The van der Waals surface area contributed by atoms with Gasteiger partial charge in [0.15, 0.2) is 0 Å². The maximum atomic E-state index is 11.7. The molecule has 0 saturated carbocycles. The number of hydrogen-bond acceptors (Lipinski definition) is 3. The molecule has 0 fully saturated rings. The molecule has 0 radical (unpaired) electrons. The number of carbonyl (C=O) groups excluding carboxylic acids is 1. The average Bonchev–Trinajstić information content (AvgIpc) is 2.85. The fourth-order valence-electron chi connectivity index (χ4n) is 2.59. The quantitative estimate of drug-likeness (QED) is 0.649. The molecule has 1 heterocycles. The number of carbonyl (C=O) groups is 2. The number of nitrogens with one attached hydrogen (secondary N) is 1. The van der Waals surface area contributed by atoms with Gasteiger partial charge in [0.2, 0.25) is 0 Å². The van der Waals surface area contributed by atoms with Crippen molar-refractivity contribution >= 4 is 29.6 Å². The number of nitriles is 1. The Morgan fingerprint density at radius 3 is 2.52 bits per heavy atom. The number of carboxylic acid groups (broad SMARTS) is 1. The molecule has 6 nitrogen and oxygen atoms in total. The van der Waals surface area contributed by atoms with Crippen LogP contribution in [0.1, 0.15) is 27.3 Å². The van der Waals surface area contributed by atoms with Gasteiger partial charge in [-0.25, -0.2) is 4.79 Å². The highest BCUT2D eigenvalue weighted by atomic mass is 35.5. The van der Waals surface area contributed by atoms with E-state index >= 15 is 0 Å². The van der Waals surface area contributed by atoms with Crippen LogP contribution in [-0.4, -0.2) is 28.6 Å². The first-order chi connectivity index (χ1) is 11.8. The number of hydrogen-bond donors (Lipinski definition) is 2. The van der Waals surface area contributed by atoms with Crippen molar-refractivity contribution in [3.63, 3.8) is 0 Å². The molecule has 1 aromatic carbocycles. The van der Waals surface area contributed by atoms with Gasteiger partial charge in [0.1, 0.15) is 11.6 Å². The van der Waals surface area contributed by atoms with E-state index in [1.807, 2.05) is 30.6 Å². The van der Waals surface area contributed by atoms with Crippen molar-refractivity contribution in [1.82, 2.24) is 9.88 Å². The van der Waals surface area contributed by atoms with Crippen molar-refractivity contribution in [2.45, 2.75) is 13.8 Å². The van der Waals surface area contributed by atoms with E-state index in [0.717, 1.165) is 17.0 Å². The fraction of sp³-hybridized carbons (Fsp3) is 0.167. The van der Waals surface area contributed by atoms with E-state index in [0.29, 0.717) is 5.69 Å². The molecular formula is C18H16ClN3O3. The summed E-state index contributed by atoms with van der Waals surface area (Å²) < 4.78 is 1.88. The summed E-state index contributed by atoms with van der Waals surface area (Å²) >= 11 is 6.05. The topological polar surface area (TPSA) is 95.1 Å². The van der Waals surface area contributed by atoms with Crippen molar-refractivity contribution in [3.8, 4) is 11.8 Å². The highest BCUT2D eigenvalue weighted by Gasteiger charge is 2.15. The first-order valence-corrected chi connectivity index (χ1v) is 7.74. The molecule has 2 rings (SSSR count). The molecule has 128 valence electrons. The fourth-order valence-corrected chi connectivity index (χ4v) is 2.84. The molecule has 0 saturated heterocycles. The molecule has 1 amide bonds. The van der Waals surface area contributed by atoms with Gasteiger partial charge in [-0.3, -0.25) is 4.79 Å². The summed E-state index contributed by atoms with van der Waals surface area (Å²) in [5, 5.41) is 20.8. The van der Waals surface area contributed by atoms with Crippen LogP contribution >= 0.6 is 11.6 Å². The van der Waals surface area contributed by atoms with E-state index in [9.17, 15) is 9.59 Å². The predicted molar refractivity (Wildman–Crippen MR) is 94.9 cm³/mol. The van der Waals surface area contributed by atoms with Crippen molar-refractivity contribution in [2.75, 3.05) is 7.05 Å². The van der Waals surface area contributed by atoms with E-state index in [-0.39, 0.29) is 16.2 Å². The lowest BCUT2D eigenvalue weighted by Gasteiger charge is -2.11. The van der Waals surface area contributed by atoms with Crippen molar-refractivity contribution in [2.24, 2.45) is 0 Å². The van der Waals surface area contributed by atoms with Crippen LogP contribution in [0.25, 0.3) is 11.8 Å². The van der Waals surface area contributed by atoms with Crippen LogP contribution in [0, 0.1) is 25.2 Å². The second kappa shape index (κ2) is 7.24.